The Labute approximate surface area is 138 Å². The van der Waals surface area contributed by atoms with Gasteiger partial charge in [0.1, 0.15) is 0 Å². The van der Waals surface area contributed by atoms with Crippen LogP contribution in [-0.2, 0) is 21.2 Å². The molecule has 0 bridgehead atoms. The second kappa shape index (κ2) is 7.10. The second-order valence-corrected chi connectivity index (χ2v) is 8.12. The predicted molar refractivity (Wildman–Crippen MR) is 90.7 cm³/mol. The van der Waals surface area contributed by atoms with Gasteiger partial charge < -0.3 is 9.88 Å². The molecular formula is C15H18N2O4S2. The number of amides is 1. The molecule has 1 aromatic carbocycles. The SMILES string of the molecule is CCS(=O)(=O)c1ccc(NC(=O)CCn2c(C)csc2=O)cc1. The minimum atomic E-state index is -3.24. The van der Waals surface area contributed by atoms with Crippen LogP contribution < -0.4 is 10.2 Å². The van der Waals surface area contributed by atoms with Gasteiger partial charge >= 0.3 is 4.87 Å². The standard InChI is InChI=1S/C15H18N2O4S2/c1-3-23(20,21)13-6-4-12(5-7-13)16-14(18)8-9-17-11(2)10-22-15(17)19/h4-7,10H,3,8-9H2,1-2H3,(H,16,18). The van der Waals surface area contributed by atoms with E-state index in [4.69, 9.17) is 0 Å². The molecule has 1 N–H and O–H groups in total. The average molecular weight is 354 g/mol. The molecule has 0 atom stereocenters. The van der Waals surface area contributed by atoms with Crippen molar-refractivity contribution < 1.29 is 13.2 Å². The Balaban J connectivity index is 1.97. The van der Waals surface area contributed by atoms with Crippen molar-refractivity contribution in [2.24, 2.45) is 0 Å². The maximum absolute atomic E-state index is 11.9. The summed E-state index contributed by atoms with van der Waals surface area (Å²) in [5.41, 5.74) is 1.36. The number of carbonyl (C=O) groups excluding carboxylic acids is 1. The number of nitrogens with one attached hydrogen (secondary N) is 1. The van der Waals surface area contributed by atoms with Gasteiger partial charge in [-0.15, -0.1) is 0 Å². The number of thiazole rings is 1. The molecule has 23 heavy (non-hydrogen) atoms. The fourth-order valence-corrected chi connectivity index (χ4v) is 3.67. The van der Waals surface area contributed by atoms with Crippen LogP contribution in [0.5, 0.6) is 0 Å². The number of carbonyl (C=O) groups is 1. The number of hydrogen-bond donors (Lipinski definition) is 1. The fraction of sp³-hybridized carbons (Fsp3) is 0.333. The van der Waals surface area contributed by atoms with Gasteiger partial charge in [-0.2, -0.15) is 0 Å². The molecule has 0 radical (unpaired) electrons. The quantitative estimate of drug-likeness (QED) is 0.860. The van der Waals surface area contributed by atoms with Crippen LogP contribution >= 0.6 is 11.3 Å². The molecule has 0 fully saturated rings. The molecule has 0 aliphatic rings. The summed E-state index contributed by atoms with van der Waals surface area (Å²) in [4.78, 5) is 23.6. The molecule has 0 aliphatic heterocycles. The molecule has 124 valence electrons. The van der Waals surface area contributed by atoms with E-state index in [9.17, 15) is 18.0 Å². The summed E-state index contributed by atoms with van der Waals surface area (Å²) in [6, 6.07) is 6.06. The third-order valence-electron chi connectivity index (χ3n) is 3.42. The van der Waals surface area contributed by atoms with E-state index in [0.29, 0.717) is 12.2 Å². The van der Waals surface area contributed by atoms with E-state index >= 15 is 0 Å². The van der Waals surface area contributed by atoms with Crippen LogP contribution in [0.15, 0.2) is 39.3 Å². The zero-order valence-electron chi connectivity index (χ0n) is 12.9. The van der Waals surface area contributed by atoms with Crippen LogP contribution in [0.25, 0.3) is 0 Å². The number of anilines is 1. The maximum atomic E-state index is 11.9. The number of rotatable bonds is 6. The molecule has 0 saturated carbocycles. The lowest BCUT2D eigenvalue weighted by atomic mass is 10.3. The second-order valence-electron chi connectivity index (χ2n) is 5.02. The molecule has 0 aliphatic carbocycles. The lowest BCUT2D eigenvalue weighted by Gasteiger charge is -2.07. The van der Waals surface area contributed by atoms with Gasteiger partial charge in [-0.3, -0.25) is 9.59 Å². The first-order valence-corrected chi connectivity index (χ1v) is 9.64. The van der Waals surface area contributed by atoms with E-state index in [1.165, 1.54) is 12.1 Å². The van der Waals surface area contributed by atoms with Gasteiger partial charge in [-0.25, -0.2) is 8.42 Å². The molecule has 6 nitrogen and oxygen atoms in total. The Morgan fingerprint density at radius 2 is 1.91 bits per heavy atom. The minimum absolute atomic E-state index is 0.0352. The molecule has 1 aromatic heterocycles. The number of aromatic nitrogens is 1. The van der Waals surface area contributed by atoms with Crippen LogP contribution in [0.3, 0.4) is 0 Å². The van der Waals surface area contributed by atoms with E-state index in [2.05, 4.69) is 5.32 Å². The first-order chi connectivity index (χ1) is 10.8. The zero-order valence-corrected chi connectivity index (χ0v) is 14.5. The van der Waals surface area contributed by atoms with Crippen molar-refractivity contribution in [3.8, 4) is 0 Å². The van der Waals surface area contributed by atoms with Gasteiger partial charge in [0, 0.05) is 29.7 Å². The van der Waals surface area contributed by atoms with Crippen LogP contribution in [0.4, 0.5) is 5.69 Å². The van der Waals surface area contributed by atoms with Crippen LogP contribution in [0.1, 0.15) is 19.0 Å². The molecule has 1 heterocycles. The van der Waals surface area contributed by atoms with Gasteiger partial charge in [-0.05, 0) is 31.2 Å². The van der Waals surface area contributed by atoms with E-state index in [0.717, 1.165) is 17.0 Å². The van der Waals surface area contributed by atoms with Gasteiger partial charge in [0.15, 0.2) is 9.84 Å². The summed E-state index contributed by atoms with van der Waals surface area (Å²) in [5.74, 6) is -0.193. The normalized spacial score (nSPS) is 11.4. The third kappa shape index (κ3) is 4.29. The Morgan fingerprint density at radius 3 is 2.43 bits per heavy atom. The Kier molecular flexibility index (Phi) is 5.38. The smallest absolute Gasteiger partial charge is 0.307 e. The summed E-state index contributed by atoms with van der Waals surface area (Å²) in [5, 5.41) is 4.45. The Morgan fingerprint density at radius 1 is 1.26 bits per heavy atom. The molecule has 8 heteroatoms. The molecule has 2 rings (SSSR count). The van der Waals surface area contributed by atoms with E-state index in [-0.39, 0.29) is 27.8 Å². The highest BCUT2D eigenvalue weighted by molar-refractivity contribution is 7.91. The summed E-state index contributed by atoms with van der Waals surface area (Å²) >= 11 is 1.11. The number of nitrogens with zero attached hydrogens (tertiary/aromatic N) is 1. The van der Waals surface area contributed by atoms with Crippen molar-refractivity contribution in [2.75, 3.05) is 11.1 Å². The molecule has 0 unspecified atom stereocenters. The van der Waals surface area contributed by atoms with Gasteiger partial charge in [0.05, 0.1) is 10.6 Å². The predicted octanol–water partition coefficient (Wildman–Crippen LogP) is 2.04. The average Bonchev–Trinajstić information content (AvgIpc) is 2.84. The monoisotopic (exact) mass is 354 g/mol. The Hall–Kier alpha value is -1.93. The first-order valence-electron chi connectivity index (χ1n) is 7.11. The first kappa shape index (κ1) is 17.4. The maximum Gasteiger partial charge on any atom is 0.307 e. The molecular weight excluding hydrogens is 336 g/mol. The van der Waals surface area contributed by atoms with Crippen molar-refractivity contribution in [1.29, 1.82) is 0 Å². The van der Waals surface area contributed by atoms with Crippen LogP contribution in [0.2, 0.25) is 0 Å². The zero-order chi connectivity index (χ0) is 17.0. The van der Waals surface area contributed by atoms with Gasteiger partial charge in [0.2, 0.25) is 5.91 Å². The van der Waals surface area contributed by atoms with Crippen molar-refractivity contribution in [2.45, 2.75) is 31.7 Å². The number of hydrogen-bond acceptors (Lipinski definition) is 5. The van der Waals surface area contributed by atoms with Crippen molar-refractivity contribution >= 4 is 32.8 Å². The van der Waals surface area contributed by atoms with E-state index in [1.54, 1.807) is 29.0 Å². The topological polar surface area (TPSA) is 85.2 Å². The molecule has 0 saturated heterocycles. The van der Waals surface area contributed by atoms with E-state index in [1.807, 2.05) is 6.92 Å². The molecule has 0 spiro atoms. The Bertz CT molecular complexity index is 848. The summed E-state index contributed by atoms with van der Waals surface area (Å²) in [6.07, 6.45) is 0.173. The molecule has 2 aromatic rings. The molecule has 1 amide bonds. The van der Waals surface area contributed by atoms with Gasteiger partial charge in [-0.1, -0.05) is 18.3 Å². The highest BCUT2D eigenvalue weighted by atomic mass is 32.2. The number of sulfone groups is 1. The third-order valence-corrected chi connectivity index (χ3v) is 6.05. The number of benzene rings is 1. The lowest BCUT2D eigenvalue weighted by molar-refractivity contribution is -0.116. The summed E-state index contributed by atoms with van der Waals surface area (Å²) in [6.45, 7) is 3.73. The summed E-state index contributed by atoms with van der Waals surface area (Å²) < 4.78 is 25.0. The van der Waals surface area contributed by atoms with Crippen molar-refractivity contribution in [3.63, 3.8) is 0 Å². The largest absolute Gasteiger partial charge is 0.326 e. The highest BCUT2D eigenvalue weighted by Crippen LogP contribution is 2.15. The minimum Gasteiger partial charge on any atom is -0.326 e. The van der Waals surface area contributed by atoms with Crippen molar-refractivity contribution in [3.05, 3.63) is 45.0 Å². The van der Waals surface area contributed by atoms with Crippen LogP contribution in [0, 0.1) is 6.92 Å². The highest BCUT2D eigenvalue weighted by Gasteiger charge is 2.11. The lowest BCUT2D eigenvalue weighted by Crippen LogP contribution is -2.20. The van der Waals surface area contributed by atoms with E-state index < -0.39 is 9.84 Å². The van der Waals surface area contributed by atoms with Crippen molar-refractivity contribution in [1.82, 2.24) is 4.57 Å². The summed E-state index contributed by atoms with van der Waals surface area (Å²) in [7, 11) is -3.24. The fourth-order valence-electron chi connectivity index (χ4n) is 2.02. The number of aryl methyl sites for hydroxylation is 1. The van der Waals surface area contributed by atoms with Crippen LogP contribution in [-0.4, -0.2) is 24.6 Å². The van der Waals surface area contributed by atoms with Gasteiger partial charge in [0.25, 0.3) is 0 Å².